The summed E-state index contributed by atoms with van der Waals surface area (Å²) in [5.41, 5.74) is -0.801. The number of aliphatic hydroxyl groups is 1. The molecule has 0 aliphatic carbocycles. The van der Waals surface area contributed by atoms with Crippen molar-refractivity contribution >= 4 is 160 Å². The number of Topliss-reactive ketones (excluding diaryl/α,β-unsaturated/α-hetero) is 2. The zero-order valence-corrected chi connectivity index (χ0v) is 56.6. The molecule has 0 radical (unpaired) electrons. The van der Waals surface area contributed by atoms with Crippen LogP contribution in [0, 0.1) is 0 Å². The number of hydrogen-bond acceptors (Lipinski definition) is 15. The van der Waals surface area contributed by atoms with Gasteiger partial charge in [0.1, 0.15) is 49.0 Å². The molecule has 8 heterocycles. The third-order valence-electron chi connectivity index (χ3n) is 15.5. The van der Waals surface area contributed by atoms with E-state index >= 15 is 0 Å². The molecule has 28 heteroatoms. The SMILES string of the molecule is C.CCCC1(C(=O)c2ccc(Cl)c(Cl)n2)CCCN1.CCCC1(C(=O)c2ccc(Cl)c(Cl)n2)CCCN1B(C)O.CCCC1(C(O)c2ccc(Cl)c(Cl)n2)CCCN1B(C)O.CCCC1(C=O)CCCN1B(C)O.Cl.Clc1ccc(Br)nc1Cl. The van der Waals surface area contributed by atoms with E-state index in [-0.39, 0.29) is 52.4 Å². The van der Waals surface area contributed by atoms with E-state index in [0.717, 1.165) is 122 Å². The molecular formula is C56H81B3BrCl9N8O7. The number of halogens is 10. The third kappa shape index (κ3) is 20.0. The van der Waals surface area contributed by atoms with Crippen molar-refractivity contribution in [3.63, 3.8) is 0 Å². The average molecular weight is 1410 g/mol. The summed E-state index contributed by atoms with van der Waals surface area (Å²) in [4.78, 5) is 58.7. The van der Waals surface area contributed by atoms with Crippen LogP contribution in [-0.4, -0.2) is 142 Å². The summed E-state index contributed by atoms with van der Waals surface area (Å²) in [5, 5.41) is 46.2. The van der Waals surface area contributed by atoms with Crippen molar-refractivity contribution in [1.29, 1.82) is 0 Å². The molecule has 8 rings (SSSR count). The zero-order valence-electron chi connectivity index (χ0n) is 48.1. The van der Waals surface area contributed by atoms with E-state index in [0.29, 0.717) is 59.9 Å². The van der Waals surface area contributed by atoms with Gasteiger partial charge in [0.2, 0.25) is 5.78 Å². The minimum Gasteiger partial charge on any atom is -0.437 e. The van der Waals surface area contributed by atoms with Crippen molar-refractivity contribution in [2.75, 3.05) is 26.2 Å². The Morgan fingerprint density at radius 1 is 0.595 bits per heavy atom. The standard InChI is InChI=1S/C14H21BCl2N2O2.C14H19BCl2N2O2.C13H16Cl2N2O.C9H18BNO2.C5H2BrCl2N.CH4.ClH/c2*1-3-7-14(8-4-9-19(14)15(2)21)12(20)11-6-5-10(16)13(17)18-11;1-2-6-13(7-3-8-16-13)11(18)10-5-4-9(14)12(15)17-10;1-3-5-9(8-12)6-4-7-11(9)10(2)13;6-4-2-1-3(7)5(8)9-4;;/h5-6,12,20-21H,3-4,7-9H2,1-2H3;5-6,21H,3-4,7-9H2,1-2H3;4-5,16H,2-3,6-8H2,1H3;8,13H,3-7H2,1-2H3;1-2H;1H4;1H. The summed E-state index contributed by atoms with van der Waals surface area (Å²) in [7, 11) is -1.76. The zero-order chi connectivity index (χ0) is 61.2. The minimum atomic E-state index is -0.802. The van der Waals surface area contributed by atoms with Crippen molar-refractivity contribution in [3.8, 4) is 0 Å². The Hall–Kier alpha value is -1.43. The number of pyridine rings is 4. The van der Waals surface area contributed by atoms with Crippen LogP contribution in [0.5, 0.6) is 0 Å². The molecule has 0 amide bonds. The summed E-state index contributed by atoms with van der Waals surface area (Å²) in [6, 6.07) is 13.2. The Balaban J connectivity index is 0.000000365. The maximum Gasteiger partial charge on any atom is 0.377 e. The molecule has 0 saturated carbocycles. The van der Waals surface area contributed by atoms with Crippen LogP contribution in [0.3, 0.4) is 0 Å². The lowest BCUT2D eigenvalue weighted by atomic mass is 9.74. The second-order valence-corrected chi connectivity index (χ2v) is 25.0. The predicted octanol–water partition coefficient (Wildman–Crippen LogP) is 15.1. The smallest absolute Gasteiger partial charge is 0.377 e. The fourth-order valence-corrected chi connectivity index (χ4v) is 13.5. The fourth-order valence-electron chi connectivity index (χ4n) is 12.0. The van der Waals surface area contributed by atoms with Gasteiger partial charge in [0.15, 0.2) is 5.78 Å². The first-order valence-electron chi connectivity index (χ1n) is 28.1. The number of aromatic nitrogens is 4. The Labute approximate surface area is 553 Å². The predicted molar refractivity (Wildman–Crippen MR) is 356 cm³/mol. The van der Waals surface area contributed by atoms with Crippen molar-refractivity contribution in [1.82, 2.24) is 39.7 Å². The molecule has 0 bridgehead atoms. The second-order valence-electron chi connectivity index (χ2n) is 21.2. The molecule has 4 aromatic rings. The summed E-state index contributed by atoms with van der Waals surface area (Å²) in [6.07, 6.45) is 14.3. The topological polar surface area (TPSA) is 205 Å². The molecule has 5 atom stereocenters. The Kier molecular flexibility index (Phi) is 34.7. The highest BCUT2D eigenvalue weighted by Crippen LogP contribution is 2.44. The van der Waals surface area contributed by atoms with Crippen LogP contribution >= 0.6 is 121 Å². The number of nitrogens with zero attached hydrogens (tertiary/aromatic N) is 7. The molecule has 4 fully saturated rings. The van der Waals surface area contributed by atoms with E-state index in [2.05, 4.69) is 62.0 Å². The maximum absolute atomic E-state index is 13.0. The van der Waals surface area contributed by atoms with E-state index < -0.39 is 43.9 Å². The number of aldehydes is 1. The quantitative estimate of drug-likeness (QED) is 0.0272. The van der Waals surface area contributed by atoms with Crippen LogP contribution in [0.4, 0.5) is 0 Å². The Morgan fingerprint density at radius 2 is 1.05 bits per heavy atom. The van der Waals surface area contributed by atoms with Crippen molar-refractivity contribution in [2.24, 2.45) is 0 Å². The Bertz CT molecular complexity index is 2740. The van der Waals surface area contributed by atoms with Crippen LogP contribution in [0.25, 0.3) is 0 Å². The molecule has 466 valence electrons. The van der Waals surface area contributed by atoms with Crippen molar-refractivity contribution < 1.29 is 34.6 Å². The molecule has 0 aromatic carbocycles. The van der Waals surface area contributed by atoms with E-state index in [1.54, 1.807) is 69.0 Å². The van der Waals surface area contributed by atoms with Crippen LogP contribution < -0.4 is 5.32 Å². The molecule has 5 N–H and O–H groups in total. The first-order chi connectivity index (χ1) is 38.8. The van der Waals surface area contributed by atoms with E-state index in [9.17, 15) is 34.6 Å². The number of carbonyl (C=O) groups excluding carboxylic acids is 3. The van der Waals surface area contributed by atoms with Gasteiger partial charge in [-0.3, -0.25) is 9.59 Å². The summed E-state index contributed by atoms with van der Waals surface area (Å²) < 4.78 is 0.692. The van der Waals surface area contributed by atoms with Gasteiger partial charge in [-0.1, -0.05) is 154 Å². The van der Waals surface area contributed by atoms with Gasteiger partial charge in [-0.2, -0.15) is 0 Å². The average Bonchev–Trinajstić information content (AvgIpc) is 3.34. The van der Waals surface area contributed by atoms with Gasteiger partial charge in [-0.15, -0.1) is 12.4 Å². The maximum atomic E-state index is 13.0. The molecule has 4 aliphatic heterocycles. The summed E-state index contributed by atoms with van der Waals surface area (Å²) >= 11 is 49.6. The lowest BCUT2D eigenvalue weighted by Gasteiger charge is -2.43. The molecule has 84 heavy (non-hydrogen) atoms. The van der Waals surface area contributed by atoms with Gasteiger partial charge in [0.05, 0.1) is 42.4 Å². The molecule has 4 aliphatic rings. The highest BCUT2D eigenvalue weighted by atomic mass is 79.9. The largest absolute Gasteiger partial charge is 0.437 e. The number of aliphatic hydroxyl groups excluding tert-OH is 1. The summed E-state index contributed by atoms with van der Waals surface area (Å²) in [6.45, 7) is 16.7. The van der Waals surface area contributed by atoms with Crippen molar-refractivity contribution in [3.05, 3.63) is 111 Å². The van der Waals surface area contributed by atoms with Gasteiger partial charge >= 0.3 is 21.2 Å². The highest BCUT2D eigenvalue weighted by Gasteiger charge is 2.51. The van der Waals surface area contributed by atoms with Crippen LogP contribution in [0.2, 0.25) is 61.2 Å². The molecule has 15 nitrogen and oxygen atoms in total. The van der Waals surface area contributed by atoms with Crippen molar-refractivity contribution in [2.45, 2.75) is 187 Å². The van der Waals surface area contributed by atoms with Crippen LogP contribution in [0.15, 0.2) is 53.1 Å². The Morgan fingerprint density at radius 3 is 1.50 bits per heavy atom. The molecular weight excluding hydrogens is 1330 g/mol. The molecule has 4 saturated heterocycles. The number of carbonyl (C=O) groups is 3. The molecule has 0 spiro atoms. The fraction of sp³-hybridized carbons (Fsp3) is 0.589. The van der Waals surface area contributed by atoms with Crippen LogP contribution in [-0.2, 0) is 4.79 Å². The van der Waals surface area contributed by atoms with Gasteiger partial charge in [0.25, 0.3) is 0 Å². The van der Waals surface area contributed by atoms with E-state index in [1.165, 1.54) is 0 Å². The summed E-state index contributed by atoms with van der Waals surface area (Å²) in [5.74, 6) is -0.0540. The number of hydrogen-bond donors (Lipinski definition) is 5. The molecule has 5 unspecified atom stereocenters. The molecule has 4 aromatic heterocycles. The van der Waals surface area contributed by atoms with E-state index in [4.69, 9.17) is 92.8 Å². The van der Waals surface area contributed by atoms with Gasteiger partial charge in [-0.05, 0) is 188 Å². The lowest BCUT2D eigenvalue weighted by Crippen LogP contribution is -2.56. The van der Waals surface area contributed by atoms with Crippen LogP contribution in [0.1, 0.15) is 171 Å². The minimum absolute atomic E-state index is 0. The first-order valence-corrected chi connectivity index (χ1v) is 31.9. The lowest BCUT2D eigenvalue weighted by molar-refractivity contribution is -0.115. The normalized spacial score (nSPS) is 22.2. The van der Waals surface area contributed by atoms with Gasteiger partial charge in [-0.25, -0.2) is 19.9 Å². The van der Waals surface area contributed by atoms with Gasteiger partial charge < -0.3 is 44.7 Å². The number of rotatable bonds is 18. The number of nitrogens with one attached hydrogen (secondary N) is 1. The third-order valence-corrected chi connectivity index (χ3v) is 18.7. The first kappa shape index (κ1) is 78.7. The van der Waals surface area contributed by atoms with E-state index in [1.807, 2.05) is 21.4 Å². The highest BCUT2D eigenvalue weighted by molar-refractivity contribution is 9.10. The second kappa shape index (κ2) is 37.0. The number of ketones is 2. The monoisotopic (exact) mass is 1400 g/mol. The van der Waals surface area contributed by atoms with Gasteiger partial charge in [0, 0.05) is 5.54 Å².